The van der Waals surface area contributed by atoms with Gasteiger partial charge in [-0.2, -0.15) is 18.3 Å². The second kappa shape index (κ2) is 9.40. The molecule has 0 bridgehead atoms. The number of halogens is 4. The molecule has 6 nitrogen and oxygen atoms in total. The largest absolute Gasteiger partial charge is 0.459 e. The Kier molecular flexibility index (Phi) is 6.91. The van der Waals surface area contributed by atoms with Crippen LogP contribution in [0.4, 0.5) is 18.2 Å². The fourth-order valence-corrected chi connectivity index (χ4v) is 6.12. The van der Waals surface area contributed by atoms with Crippen molar-refractivity contribution in [1.29, 1.82) is 0 Å². The summed E-state index contributed by atoms with van der Waals surface area (Å²) in [7, 11) is 0. The molecule has 2 aromatic rings. The van der Waals surface area contributed by atoms with Crippen LogP contribution in [-0.4, -0.2) is 27.8 Å². The topological polar surface area (TPSA) is 73.2 Å². The third-order valence-corrected chi connectivity index (χ3v) is 7.96. The summed E-state index contributed by atoms with van der Waals surface area (Å²) in [5.74, 6) is -1.05. The Balaban J connectivity index is 1.60. The van der Waals surface area contributed by atoms with Gasteiger partial charge in [-0.05, 0) is 73.4 Å². The maximum atomic E-state index is 13.4. The number of nitrogens with one attached hydrogen (secondary N) is 1. The van der Waals surface area contributed by atoms with Gasteiger partial charge in [0.2, 0.25) is 5.91 Å². The van der Waals surface area contributed by atoms with Crippen molar-refractivity contribution in [3.8, 4) is 0 Å². The van der Waals surface area contributed by atoms with Crippen LogP contribution in [0.3, 0.4) is 0 Å². The third kappa shape index (κ3) is 5.13. The summed E-state index contributed by atoms with van der Waals surface area (Å²) in [4.78, 5) is 26.9. The second-order valence-corrected chi connectivity index (χ2v) is 10.5. The summed E-state index contributed by atoms with van der Waals surface area (Å²) in [5.41, 5.74) is 0.652. The van der Waals surface area contributed by atoms with Crippen molar-refractivity contribution in [3.05, 3.63) is 31.9 Å². The smallest absolute Gasteiger partial charge is 0.436 e. The number of fused-ring (bicyclic) bond motifs is 1. The van der Waals surface area contributed by atoms with Crippen LogP contribution in [0.5, 0.6) is 0 Å². The van der Waals surface area contributed by atoms with Crippen LogP contribution < -0.4 is 5.32 Å². The van der Waals surface area contributed by atoms with Crippen molar-refractivity contribution in [2.24, 2.45) is 0 Å². The molecule has 1 saturated carbocycles. The van der Waals surface area contributed by atoms with Crippen LogP contribution in [0.1, 0.15) is 84.1 Å². The number of anilines is 1. The molecule has 4 rings (SSSR count). The molecule has 33 heavy (non-hydrogen) atoms. The molecule has 2 heterocycles. The minimum atomic E-state index is -4.62. The van der Waals surface area contributed by atoms with Gasteiger partial charge in [-0.1, -0.05) is 6.92 Å². The van der Waals surface area contributed by atoms with Gasteiger partial charge in [-0.25, -0.2) is 4.79 Å². The molecule has 180 valence electrons. The molecular weight excluding hydrogens is 523 g/mol. The zero-order valence-corrected chi connectivity index (χ0v) is 20.8. The summed E-state index contributed by atoms with van der Waals surface area (Å²) >= 11 is 4.39. The van der Waals surface area contributed by atoms with Crippen molar-refractivity contribution in [1.82, 2.24) is 9.78 Å². The van der Waals surface area contributed by atoms with E-state index >= 15 is 0 Å². The highest BCUT2D eigenvalue weighted by Gasteiger charge is 2.42. The fourth-order valence-electron chi connectivity index (χ4n) is 4.00. The molecule has 2 aliphatic rings. The zero-order valence-electron chi connectivity index (χ0n) is 18.4. The average molecular weight is 548 g/mol. The van der Waals surface area contributed by atoms with Crippen LogP contribution in [0.2, 0.25) is 0 Å². The highest BCUT2D eigenvalue weighted by molar-refractivity contribution is 9.10. The zero-order chi connectivity index (χ0) is 23.9. The van der Waals surface area contributed by atoms with Crippen LogP contribution in [0.15, 0.2) is 4.47 Å². The number of amides is 1. The predicted octanol–water partition coefficient (Wildman–Crippen LogP) is 6.08. The molecule has 2 aromatic heterocycles. The van der Waals surface area contributed by atoms with Crippen LogP contribution in [0, 0.1) is 0 Å². The van der Waals surface area contributed by atoms with Crippen molar-refractivity contribution in [3.63, 3.8) is 0 Å². The number of hydrogen-bond donors (Lipinski definition) is 1. The van der Waals surface area contributed by atoms with E-state index in [0.717, 1.165) is 53.6 Å². The maximum absolute atomic E-state index is 13.4. The molecule has 1 unspecified atom stereocenters. The molecule has 1 N–H and O–H groups in total. The minimum Gasteiger partial charge on any atom is -0.459 e. The Morgan fingerprint density at radius 2 is 2.00 bits per heavy atom. The lowest BCUT2D eigenvalue weighted by atomic mass is 9.95. The van der Waals surface area contributed by atoms with Crippen LogP contribution >= 0.6 is 27.3 Å². The standard InChI is InChI=1S/C22H25BrF3N3O3S/c1-3-11(2)32-21(31)16-13-6-4-5-7-14(13)33-20(16)27-15(30)10-29-18(12-8-9-12)17(23)19(28-29)22(24,25)26/h11-12H,3-10H2,1-2H3,(H,27,30). The average Bonchev–Trinajstić information content (AvgIpc) is 3.42. The van der Waals surface area contributed by atoms with Crippen LogP contribution in [0.25, 0.3) is 0 Å². The van der Waals surface area contributed by atoms with Gasteiger partial charge >= 0.3 is 12.1 Å². The Hall–Kier alpha value is -1.88. The number of nitrogens with zero attached hydrogens (tertiary/aromatic N) is 2. The molecule has 0 spiro atoms. The summed E-state index contributed by atoms with van der Waals surface area (Å²) in [6.07, 6.45) is 0.817. The van der Waals surface area contributed by atoms with Gasteiger partial charge in [0.25, 0.3) is 0 Å². The molecule has 1 atom stereocenters. The lowest BCUT2D eigenvalue weighted by Crippen LogP contribution is -2.23. The van der Waals surface area contributed by atoms with Gasteiger partial charge < -0.3 is 10.1 Å². The van der Waals surface area contributed by atoms with E-state index in [1.807, 2.05) is 13.8 Å². The fraction of sp³-hybridized carbons (Fsp3) is 0.591. The third-order valence-electron chi connectivity index (χ3n) is 5.97. The van der Waals surface area contributed by atoms with Crippen molar-refractivity contribution in [2.45, 2.75) is 83.5 Å². The molecule has 1 fully saturated rings. The molecule has 2 aliphatic carbocycles. The van der Waals surface area contributed by atoms with E-state index in [2.05, 4.69) is 26.3 Å². The van der Waals surface area contributed by atoms with Gasteiger partial charge in [0.05, 0.1) is 21.8 Å². The predicted molar refractivity (Wildman–Crippen MR) is 122 cm³/mol. The molecule has 0 aromatic carbocycles. The lowest BCUT2D eigenvalue weighted by molar-refractivity contribution is -0.142. The lowest BCUT2D eigenvalue weighted by Gasteiger charge is -2.15. The molecule has 11 heteroatoms. The number of ether oxygens (including phenoxy) is 1. The molecule has 0 radical (unpaired) electrons. The summed E-state index contributed by atoms with van der Waals surface area (Å²) < 4.78 is 46.6. The minimum absolute atomic E-state index is 0.0501. The first-order chi connectivity index (χ1) is 15.6. The first-order valence-corrected chi connectivity index (χ1v) is 12.7. The quantitative estimate of drug-likeness (QED) is 0.426. The van der Waals surface area contributed by atoms with E-state index in [1.54, 1.807) is 0 Å². The summed E-state index contributed by atoms with van der Waals surface area (Å²) in [5, 5.41) is 6.86. The van der Waals surface area contributed by atoms with Crippen LogP contribution in [-0.2, 0) is 35.1 Å². The van der Waals surface area contributed by atoms with E-state index in [0.29, 0.717) is 22.7 Å². The van der Waals surface area contributed by atoms with Gasteiger partial charge in [-0.15, -0.1) is 11.3 Å². The number of esters is 1. The summed E-state index contributed by atoms with van der Waals surface area (Å²) in [6, 6.07) is 0. The second-order valence-electron chi connectivity index (χ2n) is 8.56. The Morgan fingerprint density at radius 3 is 2.64 bits per heavy atom. The van der Waals surface area contributed by atoms with Crippen molar-refractivity contribution >= 4 is 44.1 Å². The van der Waals surface area contributed by atoms with Gasteiger partial charge in [0.1, 0.15) is 11.5 Å². The Morgan fingerprint density at radius 1 is 1.30 bits per heavy atom. The highest BCUT2D eigenvalue weighted by Crippen LogP contribution is 2.47. The highest BCUT2D eigenvalue weighted by atomic mass is 79.9. The van der Waals surface area contributed by atoms with Gasteiger partial charge in [0.15, 0.2) is 5.69 Å². The number of thiophene rings is 1. The molecule has 0 aliphatic heterocycles. The summed E-state index contributed by atoms with van der Waals surface area (Å²) in [6.45, 7) is 3.35. The molecule has 1 amide bonds. The molecular formula is C22H25BrF3N3O3S. The number of aromatic nitrogens is 2. The van der Waals surface area contributed by atoms with Gasteiger partial charge in [-0.3, -0.25) is 9.48 Å². The first kappa shape index (κ1) is 24.3. The Bertz CT molecular complexity index is 1080. The van der Waals surface area contributed by atoms with E-state index in [4.69, 9.17) is 4.74 Å². The SMILES string of the molecule is CCC(C)OC(=O)c1c(NC(=O)Cn2nc(C(F)(F)F)c(Br)c2C2CC2)sc2c1CCCC2. The number of carbonyl (C=O) groups is 2. The van der Waals surface area contributed by atoms with Crippen molar-refractivity contribution in [2.75, 3.05) is 5.32 Å². The normalized spacial score (nSPS) is 16.9. The number of alkyl halides is 3. The van der Waals surface area contributed by atoms with E-state index in [-0.39, 0.29) is 23.0 Å². The first-order valence-electron chi connectivity index (χ1n) is 11.1. The maximum Gasteiger partial charge on any atom is 0.436 e. The number of hydrogen-bond acceptors (Lipinski definition) is 5. The van der Waals surface area contributed by atoms with E-state index in [9.17, 15) is 22.8 Å². The molecule has 0 saturated heterocycles. The number of aryl methyl sites for hydroxylation is 1. The van der Waals surface area contributed by atoms with Crippen molar-refractivity contribution < 1.29 is 27.5 Å². The van der Waals surface area contributed by atoms with E-state index < -0.39 is 23.7 Å². The van der Waals surface area contributed by atoms with Gasteiger partial charge in [0, 0.05) is 10.8 Å². The number of carbonyl (C=O) groups excluding carboxylic acids is 2. The van der Waals surface area contributed by atoms with E-state index in [1.165, 1.54) is 11.3 Å². The number of rotatable bonds is 7. The monoisotopic (exact) mass is 547 g/mol. The Labute approximate surface area is 202 Å².